The maximum atomic E-state index is 4.15. The molecule has 0 bridgehead atoms. The molecule has 0 aliphatic carbocycles. The van der Waals surface area contributed by atoms with Gasteiger partial charge < -0.3 is 0 Å². The van der Waals surface area contributed by atoms with E-state index in [-0.39, 0.29) is 5.50 Å². The average Bonchev–Trinajstić information content (AvgIpc) is 1.85. The topological polar surface area (TPSA) is 27.3 Å². The molecule has 8 heavy (non-hydrogen) atoms. The Kier molecular flexibility index (Phi) is 1.77. The van der Waals surface area contributed by atoms with E-state index >= 15 is 0 Å². The van der Waals surface area contributed by atoms with Gasteiger partial charge in [-0.15, -0.1) is 12.6 Å². The normalized spacial score (nSPS) is 40.9. The van der Waals surface area contributed by atoms with Crippen molar-refractivity contribution in [3.8, 4) is 0 Å². The minimum absolute atomic E-state index is 0.120. The Balaban J connectivity index is 2.39. The molecular formula is C4H11N3S. The van der Waals surface area contributed by atoms with E-state index in [2.05, 4.69) is 30.3 Å². The van der Waals surface area contributed by atoms with E-state index in [0.717, 1.165) is 0 Å². The number of hydrogen-bond acceptors (Lipinski definition) is 4. The lowest BCUT2D eigenvalue weighted by atomic mass is 10.6. The van der Waals surface area contributed by atoms with Crippen LogP contribution in [-0.2, 0) is 0 Å². The Morgan fingerprint density at radius 2 is 2.25 bits per heavy atom. The molecule has 2 N–H and O–H groups in total. The van der Waals surface area contributed by atoms with Crippen LogP contribution in [0.4, 0.5) is 0 Å². The first-order chi connectivity index (χ1) is 3.70. The predicted molar refractivity (Wildman–Crippen MR) is 36.3 cm³/mol. The monoisotopic (exact) mass is 133 g/mol. The van der Waals surface area contributed by atoms with Gasteiger partial charge in [0, 0.05) is 7.05 Å². The number of nitrogens with zero attached hydrogens (tertiary/aromatic N) is 1. The third kappa shape index (κ3) is 1.14. The SMILES string of the molecule is CC1NC(S)NN1C. The number of rotatable bonds is 0. The van der Waals surface area contributed by atoms with Gasteiger partial charge >= 0.3 is 0 Å². The van der Waals surface area contributed by atoms with Gasteiger partial charge in [-0.3, -0.25) is 5.32 Å². The maximum absolute atomic E-state index is 4.15. The molecule has 4 heteroatoms. The first-order valence-electron chi connectivity index (χ1n) is 2.63. The third-order valence-electron chi connectivity index (χ3n) is 1.31. The maximum Gasteiger partial charge on any atom is 0.117 e. The summed E-state index contributed by atoms with van der Waals surface area (Å²) in [5, 5.41) is 5.13. The lowest BCUT2D eigenvalue weighted by molar-refractivity contribution is 0.242. The molecule has 2 atom stereocenters. The molecule has 1 aliphatic heterocycles. The lowest BCUT2D eigenvalue weighted by Gasteiger charge is -2.11. The lowest BCUT2D eigenvalue weighted by Crippen LogP contribution is -2.33. The Hall–Kier alpha value is 0.230. The summed E-state index contributed by atoms with van der Waals surface area (Å²) in [4.78, 5) is 0. The van der Waals surface area contributed by atoms with Gasteiger partial charge in [0.15, 0.2) is 0 Å². The van der Waals surface area contributed by atoms with E-state index in [1.54, 1.807) is 0 Å². The molecule has 0 radical (unpaired) electrons. The number of hydrazine groups is 1. The Morgan fingerprint density at radius 1 is 1.62 bits per heavy atom. The molecule has 1 rings (SSSR count). The highest BCUT2D eigenvalue weighted by Crippen LogP contribution is 2.00. The zero-order valence-corrected chi connectivity index (χ0v) is 5.94. The van der Waals surface area contributed by atoms with Crippen molar-refractivity contribution >= 4 is 12.6 Å². The zero-order chi connectivity index (χ0) is 6.15. The Bertz CT molecular complexity index is 77.4. The van der Waals surface area contributed by atoms with E-state index < -0.39 is 0 Å². The van der Waals surface area contributed by atoms with Crippen LogP contribution in [0.2, 0.25) is 0 Å². The van der Waals surface area contributed by atoms with Gasteiger partial charge in [0.2, 0.25) is 0 Å². The van der Waals surface area contributed by atoms with E-state index in [0.29, 0.717) is 6.17 Å². The summed E-state index contributed by atoms with van der Waals surface area (Å²) in [7, 11) is 1.98. The van der Waals surface area contributed by atoms with Crippen molar-refractivity contribution in [2.75, 3.05) is 7.05 Å². The molecule has 48 valence electrons. The molecular weight excluding hydrogens is 122 g/mol. The second kappa shape index (κ2) is 2.23. The van der Waals surface area contributed by atoms with Crippen LogP contribution < -0.4 is 10.7 Å². The highest BCUT2D eigenvalue weighted by atomic mass is 32.1. The fourth-order valence-corrected chi connectivity index (χ4v) is 1.08. The van der Waals surface area contributed by atoms with E-state index in [4.69, 9.17) is 0 Å². The first-order valence-corrected chi connectivity index (χ1v) is 3.15. The largest absolute Gasteiger partial charge is 0.276 e. The van der Waals surface area contributed by atoms with Crippen LogP contribution in [0.5, 0.6) is 0 Å². The Labute approximate surface area is 54.8 Å². The fraction of sp³-hybridized carbons (Fsp3) is 1.00. The highest BCUT2D eigenvalue weighted by Gasteiger charge is 2.20. The standard InChI is InChI=1S/C4H11N3S/c1-3-5-4(8)6-7(3)2/h3-6,8H,1-2H3. The molecule has 2 unspecified atom stereocenters. The molecule has 0 amide bonds. The van der Waals surface area contributed by atoms with Gasteiger partial charge in [0.1, 0.15) is 5.50 Å². The van der Waals surface area contributed by atoms with Crippen molar-refractivity contribution in [2.24, 2.45) is 0 Å². The minimum atomic E-state index is 0.120. The summed E-state index contributed by atoms with van der Waals surface area (Å²) >= 11 is 4.15. The first kappa shape index (κ1) is 6.35. The van der Waals surface area contributed by atoms with Gasteiger partial charge in [-0.2, -0.15) is 0 Å². The summed E-state index contributed by atoms with van der Waals surface area (Å²) in [6.45, 7) is 2.07. The molecule has 1 heterocycles. The van der Waals surface area contributed by atoms with Crippen LogP contribution in [0.1, 0.15) is 6.92 Å². The predicted octanol–water partition coefficient (Wildman–Crippen LogP) is -0.415. The van der Waals surface area contributed by atoms with Gasteiger partial charge in [-0.25, -0.2) is 10.4 Å². The fourth-order valence-electron chi connectivity index (χ4n) is 0.682. The summed E-state index contributed by atoms with van der Waals surface area (Å²) in [6, 6.07) is 0. The van der Waals surface area contributed by atoms with Crippen LogP contribution in [0, 0.1) is 0 Å². The van der Waals surface area contributed by atoms with Crippen molar-refractivity contribution in [3.63, 3.8) is 0 Å². The van der Waals surface area contributed by atoms with Crippen LogP contribution in [0.15, 0.2) is 0 Å². The second-order valence-electron chi connectivity index (χ2n) is 1.99. The van der Waals surface area contributed by atoms with Crippen molar-refractivity contribution < 1.29 is 0 Å². The van der Waals surface area contributed by atoms with E-state index in [9.17, 15) is 0 Å². The van der Waals surface area contributed by atoms with Crippen LogP contribution in [0.3, 0.4) is 0 Å². The van der Waals surface area contributed by atoms with E-state index in [1.807, 2.05) is 12.1 Å². The summed E-state index contributed by atoms with van der Waals surface area (Å²) < 4.78 is 0. The second-order valence-corrected chi connectivity index (χ2v) is 2.50. The molecule has 0 spiro atoms. The minimum Gasteiger partial charge on any atom is -0.276 e. The molecule has 1 saturated heterocycles. The van der Waals surface area contributed by atoms with Crippen molar-refractivity contribution in [3.05, 3.63) is 0 Å². The highest BCUT2D eigenvalue weighted by molar-refractivity contribution is 7.80. The van der Waals surface area contributed by atoms with Crippen LogP contribution in [-0.4, -0.2) is 23.7 Å². The number of nitrogens with one attached hydrogen (secondary N) is 2. The van der Waals surface area contributed by atoms with Crippen LogP contribution in [0.25, 0.3) is 0 Å². The van der Waals surface area contributed by atoms with Crippen molar-refractivity contribution in [1.29, 1.82) is 0 Å². The van der Waals surface area contributed by atoms with Gasteiger partial charge in [-0.05, 0) is 6.92 Å². The molecule has 1 aliphatic rings. The zero-order valence-electron chi connectivity index (χ0n) is 5.05. The van der Waals surface area contributed by atoms with Crippen molar-refractivity contribution in [1.82, 2.24) is 15.8 Å². The molecule has 0 aromatic rings. The summed E-state index contributed by atoms with van der Waals surface area (Å²) in [5.41, 5.74) is 3.17. The molecule has 1 fully saturated rings. The smallest absolute Gasteiger partial charge is 0.117 e. The average molecular weight is 133 g/mol. The number of hydrogen-bond donors (Lipinski definition) is 3. The van der Waals surface area contributed by atoms with Crippen molar-refractivity contribution in [2.45, 2.75) is 18.6 Å². The van der Waals surface area contributed by atoms with E-state index in [1.165, 1.54) is 0 Å². The summed E-state index contributed by atoms with van der Waals surface area (Å²) in [5.74, 6) is 0. The quantitative estimate of drug-likeness (QED) is 0.392. The van der Waals surface area contributed by atoms with Crippen LogP contribution >= 0.6 is 12.6 Å². The Morgan fingerprint density at radius 3 is 2.38 bits per heavy atom. The molecule has 0 aromatic carbocycles. The number of thiol groups is 1. The molecule has 3 nitrogen and oxygen atoms in total. The van der Waals surface area contributed by atoms with Gasteiger partial charge in [0.25, 0.3) is 0 Å². The van der Waals surface area contributed by atoms with Gasteiger partial charge in [0.05, 0.1) is 6.17 Å². The molecule has 0 saturated carbocycles. The van der Waals surface area contributed by atoms with Gasteiger partial charge in [-0.1, -0.05) is 0 Å². The molecule has 0 aromatic heterocycles. The third-order valence-corrected chi connectivity index (χ3v) is 1.57. The summed E-state index contributed by atoms with van der Waals surface area (Å²) in [6.07, 6.45) is 0.387.